The van der Waals surface area contributed by atoms with Gasteiger partial charge in [-0.1, -0.05) is 15.9 Å². The van der Waals surface area contributed by atoms with Crippen LogP contribution in [0.1, 0.15) is 22.3 Å². The third kappa shape index (κ3) is 3.00. The Labute approximate surface area is 96.0 Å². The first-order valence-electron chi connectivity index (χ1n) is 4.15. The van der Waals surface area contributed by atoms with Gasteiger partial charge in [-0.2, -0.15) is 0 Å². The van der Waals surface area contributed by atoms with Crippen LogP contribution < -0.4 is 0 Å². The van der Waals surface area contributed by atoms with Crippen molar-refractivity contribution in [3.05, 3.63) is 29.3 Å². The largest absolute Gasteiger partial charge is 0.508 e. The molecule has 0 saturated heterocycles. The van der Waals surface area contributed by atoms with Crippen molar-refractivity contribution in [1.82, 2.24) is 0 Å². The molecule has 0 spiro atoms. The van der Waals surface area contributed by atoms with E-state index in [0.29, 0.717) is 23.2 Å². The molecule has 0 fully saturated rings. The van der Waals surface area contributed by atoms with Crippen LogP contribution in [0.5, 0.6) is 5.75 Å². The van der Waals surface area contributed by atoms with E-state index in [2.05, 4.69) is 15.9 Å². The van der Waals surface area contributed by atoms with Gasteiger partial charge in [0.05, 0.1) is 0 Å². The number of ketones is 1. The van der Waals surface area contributed by atoms with Gasteiger partial charge in [0, 0.05) is 23.2 Å². The average molecular weight is 278 g/mol. The van der Waals surface area contributed by atoms with Crippen molar-refractivity contribution in [2.24, 2.45) is 0 Å². The number of rotatable bonds is 4. The zero-order valence-corrected chi connectivity index (χ0v) is 9.81. The maximum Gasteiger partial charge on any atom is 0.164 e. The molecule has 2 nitrogen and oxygen atoms in total. The second-order valence-electron chi connectivity index (χ2n) is 2.88. The lowest BCUT2D eigenvalue weighted by Crippen LogP contribution is -2.00. The van der Waals surface area contributed by atoms with Gasteiger partial charge in [0.1, 0.15) is 5.75 Å². The second-order valence-corrected chi connectivity index (χ2v) is 3.82. The Bertz CT molecular complexity index is 339. The highest BCUT2D eigenvalue weighted by molar-refractivity contribution is 9.08. The summed E-state index contributed by atoms with van der Waals surface area (Å²) in [5, 5.41) is 9.95. The van der Waals surface area contributed by atoms with Gasteiger partial charge in [-0.3, -0.25) is 4.79 Å². The minimum absolute atomic E-state index is 0.0434. The molecule has 1 aromatic rings. The Balaban J connectivity index is 2.96. The normalized spacial score (nSPS) is 10.1. The molecule has 0 heterocycles. The number of aromatic hydroxyl groups is 1. The quantitative estimate of drug-likeness (QED) is 0.678. The van der Waals surface area contributed by atoms with Crippen molar-refractivity contribution >= 4 is 33.3 Å². The molecule has 0 bridgehead atoms. The van der Waals surface area contributed by atoms with Crippen LogP contribution in [0.3, 0.4) is 0 Å². The monoisotopic (exact) mass is 276 g/mol. The van der Waals surface area contributed by atoms with Crippen molar-refractivity contribution in [2.75, 3.05) is 5.88 Å². The van der Waals surface area contributed by atoms with E-state index in [1.165, 1.54) is 6.07 Å². The van der Waals surface area contributed by atoms with Gasteiger partial charge in [0.15, 0.2) is 5.78 Å². The van der Waals surface area contributed by atoms with Gasteiger partial charge in [0.25, 0.3) is 0 Å². The zero-order valence-electron chi connectivity index (χ0n) is 7.46. The summed E-state index contributed by atoms with van der Waals surface area (Å²) in [6.07, 6.45) is 0.298. The maximum absolute atomic E-state index is 11.5. The predicted molar refractivity (Wildman–Crippen MR) is 60.4 cm³/mol. The molecule has 0 aliphatic rings. The number of hydrogen-bond acceptors (Lipinski definition) is 2. The van der Waals surface area contributed by atoms with Crippen LogP contribution >= 0.6 is 27.5 Å². The third-order valence-electron chi connectivity index (χ3n) is 1.78. The minimum Gasteiger partial charge on any atom is -0.508 e. The fourth-order valence-corrected chi connectivity index (χ4v) is 1.64. The standard InChI is InChI=1S/C10H10BrClO2/c11-6-7-3-8(5-9(13)4-7)10(14)1-2-12/h3-5,13H,1-2,6H2. The Kier molecular flexibility index (Phi) is 4.42. The molecule has 0 aliphatic carbocycles. The van der Waals surface area contributed by atoms with Gasteiger partial charge in [-0.25, -0.2) is 0 Å². The number of alkyl halides is 2. The van der Waals surface area contributed by atoms with Gasteiger partial charge < -0.3 is 5.11 Å². The van der Waals surface area contributed by atoms with Crippen LogP contribution in [-0.4, -0.2) is 16.8 Å². The number of phenols is 1. The molecule has 1 aromatic carbocycles. The Morgan fingerprint density at radius 2 is 2.14 bits per heavy atom. The fourth-order valence-electron chi connectivity index (χ4n) is 1.14. The number of hydrogen-bond donors (Lipinski definition) is 1. The molecule has 0 atom stereocenters. The van der Waals surface area contributed by atoms with Gasteiger partial charge in [-0.05, 0) is 23.8 Å². The summed E-state index contributed by atoms with van der Waals surface area (Å²) in [6.45, 7) is 0. The smallest absolute Gasteiger partial charge is 0.164 e. The Morgan fingerprint density at radius 3 is 2.71 bits per heavy atom. The molecule has 4 heteroatoms. The molecule has 0 aromatic heterocycles. The number of halogens is 2. The van der Waals surface area contributed by atoms with E-state index in [9.17, 15) is 9.90 Å². The van der Waals surface area contributed by atoms with Crippen LogP contribution in [0.2, 0.25) is 0 Å². The van der Waals surface area contributed by atoms with Crippen molar-refractivity contribution in [2.45, 2.75) is 11.8 Å². The lowest BCUT2D eigenvalue weighted by Gasteiger charge is -2.03. The molecule has 0 unspecified atom stereocenters. The molecule has 76 valence electrons. The van der Waals surface area contributed by atoms with Crippen LogP contribution in [0.15, 0.2) is 18.2 Å². The van der Waals surface area contributed by atoms with Crippen molar-refractivity contribution in [1.29, 1.82) is 0 Å². The van der Waals surface area contributed by atoms with Crippen LogP contribution in [0.4, 0.5) is 0 Å². The summed E-state index contributed by atoms with van der Waals surface area (Å²) in [4.78, 5) is 11.5. The Morgan fingerprint density at radius 1 is 1.43 bits per heavy atom. The SMILES string of the molecule is O=C(CCCl)c1cc(O)cc(CBr)c1. The second kappa shape index (κ2) is 5.37. The predicted octanol–water partition coefficient (Wildman–Crippen LogP) is 3.10. The van der Waals surface area contributed by atoms with E-state index >= 15 is 0 Å². The fraction of sp³-hybridized carbons (Fsp3) is 0.300. The highest BCUT2D eigenvalue weighted by Gasteiger charge is 2.07. The van der Waals surface area contributed by atoms with Crippen LogP contribution in [-0.2, 0) is 5.33 Å². The lowest BCUT2D eigenvalue weighted by atomic mass is 10.1. The molecular weight excluding hydrogens is 267 g/mol. The molecule has 1 rings (SSSR count). The summed E-state index contributed by atoms with van der Waals surface area (Å²) in [5.74, 6) is 0.371. The summed E-state index contributed by atoms with van der Waals surface area (Å²) in [6, 6.07) is 4.83. The summed E-state index contributed by atoms with van der Waals surface area (Å²) >= 11 is 8.73. The number of phenolic OH excluding ortho intramolecular Hbond substituents is 1. The molecule has 0 radical (unpaired) electrons. The van der Waals surface area contributed by atoms with Gasteiger partial charge in [-0.15, -0.1) is 11.6 Å². The van der Waals surface area contributed by atoms with Gasteiger partial charge >= 0.3 is 0 Å². The topological polar surface area (TPSA) is 37.3 Å². The van der Waals surface area contributed by atoms with E-state index in [0.717, 1.165) is 5.56 Å². The number of Topliss-reactive ketones (excluding diaryl/α,β-unsaturated/α-hetero) is 1. The molecule has 0 saturated carbocycles. The molecule has 0 amide bonds. The van der Waals surface area contributed by atoms with E-state index in [4.69, 9.17) is 11.6 Å². The maximum atomic E-state index is 11.5. The summed E-state index contributed by atoms with van der Waals surface area (Å²) in [5.41, 5.74) is 1.39. The van der Waals surface area contributed by atoms with Crippen LogP contribution in [0.25, 0.3) is 0 Å². The highest BCUT2D eigenvalue weighted by atomic mass is 79.9. The van der Waals surface area contributed by atoms with Crippen LogP contribution in [0, 0.1) is 0 Å². The van der Waals surface area contributed by atoms with Crippen molar-refractivity contribution < 1.29 is 9.90 Å². The Hall–Kier alpha value is -0.540. The lowest BCUT2D eigenvalue weighted by molar-refractivity contribution is 0.0988. The van der Waals surface area contributed by atoms with E-state index in [1.807, 2.05) is 0 Å². The highest BCUT2D eigenvalue weighted by Crippen LogP contribution is 2.19. The van der Waals surface area contributed by atoms with E-state index in [1.54, 1.807) is 12.1 Å². The molecule has 1 N–H and O–H groups in total. The van der Waals surface area contributed by atoms with E-state index in [-0.39, 0.29) is 11.5 Å². The average Bonchev–Trinajstić information content (AvgIpc) is 2.17. The minimum atomic E-state index is -0.0434. The first-order chi connectivity index (χ1) is 6.67. The first kappa shape index (κ1) is 11.5. The number of carbonyl (C=O) groups is 1. The zero-order chi connectivity index (χ0) is 10.6. The van der Waals surface area contributed by atoms with Crippen molar-refractivity contribution in [3.8, 4) is 5.75 Å². The number of benzene rings is 1. The number of carbonyl (C=O) groups excluding carboxylic acids is 1. The molecular formula is C10H10BrClO2. The molecule has 0 aliphatic heterocycles. The molecule has 14 heavy (non-hydrogen) atoms. The first-order valence-corrected chi connectivity index (χ1v) is 5.81. The summed E-state index contributed by atoms with van der Waals surface area (Å²) < 4.78 is 0. The van der Waals surface area contributed by atoms with Crippen molar-refractivity contribution in [3.63, 3.8) is 0 Å². The third-order valence-corrected chi connectivity index (χ3v) is 2.61. The van der Waals surface area contributed by atoms with E-state index < -0.39 is 0 Å². The van der Waals surface area contributed by atoms with Gasteiger partial charge in [0.2, 0.25) is 0 Å². The summed E-state index contributed by atoms with van der Waals surface area (Å²) in [7, 11) is 0.